The maximum Gasteiger partial charge on any atom is 1.00 e. The summed E-state index contributed by atoms with van der Waals surface area (Å²) < 4.78 is 5.23. The van der Waals surface area contributed by atoms with Gasteiger partial charge in [-0.15, -0.1) is 5.70 Å². The molecule has 0 N–H and O–H groups in total. The van der Waals surface area contributed by atoms with Gasteiger partial charge in [0.25, 0.3) is 0 Å². The molecule has 2 aromatic heterocycles. The molecule has 0 aliphatic carbocycles. The molecule has 0 radical (unpaired) electrons. The molecule has 20 heavy (non-hydrogen) atoms. The van der Waals surface area contributed by atoms with E-state index in [1.54, 1.807) is 6.20 Å². The molecule has 2 rings (SSSR count). The number of nitrogens with zero attached hydrogens (tertiary/aromatic N) is 3. The van der Waals surface area contributed by atoms with Crippen LogP contribution in [0.3, 0.4) is 0 Å². The molecule has 0 saturated heterocycles. The molecule has 0 spiro atoms. The molecule has 2 heterocycles. The first-order valence-electron chi connectivity index (χ1n) is 6.23. The van der Waals surface area contributed by atoms with E-state index in [0.29, 0.717) is 5.76 Å². The normalized spacial score (nSPS) is 11.9. The molecule has 0 unspecified atom stereocenters. The van der Waals surface area contributed by atoms with Crippen molar-refractivity contribution in [3.63, 3.8) is 0 Å². The number of aryl methyl sites for hydroxylation is 1. The second-order valence-electron chi connectivity index (χ2n) is 5.40. The zero-order chi connectivity index (χ0) is 13.9. The smallest absolute Gasteiger partial charge is 0.685 e. The van der Waals surface area contributed by atoms with Crippen molar-refractivity contribution in [2.24, 2.45) is 0 Å². The summed E-state index contributed by atoms with van der Waals surface area (Å²) in [4.78, 5) is 9.20. The molecule has 2 aromatic rings. The Labute approximate surface area is 132 Å². The van der Waals surface area contributed by atoms with Crippen LogP contribution in [0.5, 0.6) is 0 Å². The standard InChI is InChI=1S/C14H18N3OSi.Li/c1-11-9-12(18-16-11)10-14(17-19(2,3)4)13-7-5-6-8-15-13;/h5-10H,1-4H3;/q-1;+1/b14-10+;. The quantitative estimate of drug-likeness (QED) is 0.787. The van der Waals surface area contributed by atoms with Gasteiger partial charge in [-0.3, -0.25) is 4.98 Å². The van der Waals surface area contributed by atoms with E-state index in [1.165, 1.54) is 0 Å². The number of pyridine rings is 1. The van der Waals surface area contributed by atoms with Crippen LogP contribution in [0.2, 0.25) is 19.6 Å². The Hall–Kier alpha value is -1.29. The minimum absolute atomic E-state index is 0. The average Bonchev–Trinajstić information content (AvgIpc) is 2.73. The molecular formula is C14H18LiN3OSi. The van der Waals surface area contributed by atoms with Crippen LogP contribution in [0, 0.1) is 6.92 Å². The van der Waals surface area contributed by atoms with E-state index in [1.807, 2.05) is 37.3 Å². The molecule has 0 fully saturated rings. The molecule has 0 aliphatic rings. The Kier molecular flexibility index (Phi) is 5.81. The summed E-state index contributed by atoms with van der Waals surface area (Å²) in [5, 5.41) is 3.89. The minimum atomic E-state index is -1.60. The average molecular weight is 279 g/mol. The summed E-state index contributed by atoms with van der Waals surface area (Å²) >= 11 is 0. The van der Waals surface area contributed by atoms with E-state index in [9.17, 15) is 0 Å². The summed E-state index contributed by atoms with van der Waals surface area (Å²) in [5.41, 5.74) is 2.58. The van der Waals surface area contributed by atoms with E-state index in [-0.39, 0.29) is 18.9 Å². The Balaban J connectivity index is 0.00000200. The van der Waals surface area contributed by atoms with Gasteiger partial charge >= 0.3 is 18.9 Å². The van der Waals surface area contributed by atoms with Crippen molar-refractivity contribution in [1.29, 1.82) is 0 Å². The van der Waals surface area contributed by atoms with Crippen molar-refractivity contribution >= 4 is 20.0 Å². The van der Waals surface area contributed by atoms with Crippen molar-refractivity contribution in [2.45, 2.75) is 26.6 Å². The van der Waals surface area contributed by atoms with Crippen LogP contribution in [-0.2, 0) is 0 Å². The molecule has 100 valence electrons. The van der Waals surface area contributed by atoms with Gasteiger partial charge in [0, 0.05) is 18.0 Å². The zero-order valence-electron chi connectivity index (χ0n) is 12.7. The monoisotopic (exact) mass is 279 g/mol. The Morgan fingerprint density at radius 3 is 2.55 bits per heavy atom. The maximum absolute atomic E-state index is 5.23. The first kappa shape index (κ1) is 16.8. The van der Waals surface area contributed by atoms with Crippen LogP contribution >= 0.6 is 0 Å². The van der Waals surface area contributed by atoms with Crippen LogP contribution in [0.15, 0.2) is 35.0 Å². The third-order valence-corrected chi connectivity index (χ3v) is 3.22. The Morgan fingerprint density at radius 2 is 2.05 bits per heavy atom. The first-order chi connectivity index (χ1) is 8.94. The van der Waals surface area contributed by atoms with Crippen LogP contribution in [0.25, 0.3) is 16.8 Å². The second-order valence-corrected chi connectivity index (χ2v) is 9.96. The molecular weight excluding hydrogens is 261 g/mol. The summed E-state index contributed by atoms with van der Waals surface area (Å²) in [6.45, 7) is 8.47. The van der Waals surface area contributed by atoms with Gasteiger partial charge in [0.2, 0.25) is 0 Å². The fourth-order valence-corrected chi connectivity index (χ4v) is 2.53. The fourth-order valence-electron chi connectivity index (χ4n) is 1.63. The molecule has 4 nitrogen and oxygen atoms in total. The largest absolute Gasteiger partial charge is 1.00 e. The fraction of sp³-hybridized carbons (Fsp3) is 0.286. The van der Waals surface area contributed by atoms with Gasteiger partial charge in [0.1, 0.15) is 0 Å². The van der Waals surface area contributed by atoms with E-state index in [0.717, 1.165) is 17.1 Å². The van der Waals surface area contributed by atoms with Crippen molar-refractivity contribution in [2.75, 3.05) is 0 Å². The second kappa shape index (κ2) is 6.93. The van der Waals surface area contributed by atoms with Crippen LogP contribution < -0.4 is 18.9 Å². The molecule has 0 amide bonds. The van der Waals surface area contributed by atoms with Crippen LogP contribution in [0.1, 0.15) is 17.1 Å². The van der Waals surface area contributed by atoms with Gasteiger partial charge < -0.3 is 9.51 Å². The van der Waals surface area contributed by atoms with Gasteiger partial charge in [-0.25, -0.2) is 0 Å². The summed E-state index contributed by atoms with van der Waals surface area (Å²) in [6, 6.07) is 7.71. The SMILES string of the molecule is Cc1cc(/C=C(/[N-][Si](C)(C)C)c2ccccn2)on1.[Li+]. The first-order valence-corrected chi connectivity index (χ1v) is 9.68. The molecule has 0 atom stereocenters. The van der Waals surface area contributed by atoms with Crippen LogP contribution in [-0.4, -0.2) is 18.4 Å². The molecule has 0 aromatic carbocycles. The Bertz CT molecular complexity index is 576. The predicted molar refractivity (Wildman–Crippen MR) is 80.1 cm³/mol. The summed E-state index contributed by atoms with van der Waals surface area (Å²) in [5.74, 6) is 0.708. The van der Waals surface area contributed by atoms with E-state index in [4.69, 9.17) is 9.51 Å². The third-order valence-electron chi connectivity index (χ3n) is 2.31. The van der Waals surface area contributed by atoms with Gasteiger partial charge in [0.05, 0.1) is 5.69 Å². The van der Waals surface area contributed by atoms with Gasteiger partial charge in [-0.2, -0.15) is 0 Å². The van der Waals surface area contributed by atoms with Crippen molar-refractivity contribution < 1.29 is 23.4 Å². The van der Waals surface area contributed by atoms with Crippen molar-refractivity contribution in [1.82, 2.24) is 10.1 Å². The van der Waals surface area contributed by atoms with Crippen molar-refractivity contribution in [3.05, 3.63) is 52.6 Å². The predicted octanol–water partition coefficient (Wildman–Crippen LogP) is 1.09. The number of rotatable bonds is 4. The molecule has 0 aliphatic heterocycles. The van der Waals surface area contributed by atoms with Gasteiger partial charge in [-0.1, -0.05) is 30.9 Å². The maximum atomic E-state index is 5.23. The van der Waals surface area contributed by atoms with Crippen molar-refractivity contribution in [3.8, 4) is 0 Å². The number of aromatic nitrogens is 2. The molecule has 0 saturated carbocycles. The van der Waals surface area contributed by atoms with Gasteiger partial charge in [0.15, 0.2) is 5.76 Å². The van der Waals surface area contributed by atoms with Crippen LogP contribution in [0.4, 0.5) is 0 Å². The van der Waals surface area contributed by atoms with E-state index in [2.05, 4.69) is 29.8 Å². The third kappa shape index (κ3) is 5.01. The summed E-state index contributed by atoms with van der Waals surface area (Å²) in [6.07, 6.45) is 3.68. The number of hydrogen-bond donors (Lipinski definition) is 0. The number of hydrogen-bond acceptors (Lipinski definition) is 3. The zero-order valence-corrected chi connectivity index (χ0v) is 13.7. The topological polar surface area (TPSA) is 53.0 Å². The van der Waals surface area contributed by atoms with E-state index >= 15 is 0 Å². The van der Waals surface area contributed by atoms with E-state index < -0.39 is 8.24 Å². The van der Waals surface area contributed by atoms with Gasteiger partial charge in [-0.05, 0) is 33.4 Å². The Morgan fingerprint density at radius 1 is 1.30 bits per heavy atom. The summed E-state index contributed by atoms with van der Waals surface area (Å²) in [7, 11) is -1.60. The molecule has 6 heteroatoms. The molecule has 0 bridgehead atoms. The minimum Gasteiger partial charge on any atom is -0.685 e.